The summed E-state index contributed by atoms with van der Waals surface area (Å²) in [5.41, 5.74) is 1.18. The molecule has 1 N–H and O–H groups in total. The largest absolute Gasteiger partial charge is 0.474 e. The number of nitrogens with zero attached hydrogens (tertiary/aromatic N) is 3. The van der Waals surface area contributed by atoms with E-state index in [-0.39, 0.29) is 12.0 Å². The zero-order valence-corrected chi connectivity index (χ0v) is 15.6. The van der Waals surface area contributed by atoms with Crippen LogP contribution in [0.2, 0.25) is 0 Å². The highest BCUT2D eigenvalue weighted by Crippen LogP contribution is 2.39. The SMILES string of the molecule is CN[C@H]1CC[C@H](Oc2ncnc3sc4c(c23)CN(C(C)=O)CC4)CC1. The molecule has 1 amide bonds. The number of thiophene rings is 1. The number of carbonyl (C=O) groups excluding carboxylic acids is 1. The summed E-state index contributed by atoms with van der Waals surface area (Å²) in [6, 6.07) is 0.600. The van der Waals surface area contributed by atoms with Gasteiger partial charge >= 0.3 is 0 Å². The van der Waals surface area contributed by atoms with Crippen molar-refractivity contribution in [3.63, 3.8) is 0 Å². The molecule has 0 unspecified atom stereocenters. The molecule has 4 rings (SSSR count). The second-order valence-electron chi connectivity index (χ2n) is 6.93. The number of aromatic nitrogens is 2. The van der Waals surface area contributed by atoms with Gasteiger partial charge in [-0.3, -0.25) is 4.79 Å². The van der Waals surface area contributed by atoms with E-state index in [2.05, 4.69) is 15.3 Å². The number of nitrogens with one attached hydrogen (secondary N) is 1. The van der Waals surface area contributed by atoms with E-state index in [0.29, 0.717) is 18.5 Å². The smallest absolute Gasteiger partial charge is 0.225 e. The number of fused-ring (bicyclic) bond motifs is 3. The number of rotatable bonds is 3. The summed E-state index contributed by atoms with van der Waals surface area (Å²) < 4.78 is 6.31. The normalized spacial score (nSPS) is 23.5. The predicted octanol–water partition coefficient (Wildman–Crippen LogP) is 2.51. The van der Waals surface area contributed by atoms with Gasteiger partial charge in [0, 0.05) is 36.5 Å². The van der Waals surface area contributed by atoms with Gasteiger partial charge < -0.3 is 15.0 Å². The summed E-state index contributed by atoms with van der Waals surface area (Å²) in [4.78, 5) is 24.9. The first-order valence-electron chi connectivity index (χ1n) is 9.00. The molecule has 6 nitrogen and oxygen atoms in total. The van der Waals surface area contributed by atoms with Gasteiger partial charge in [-0.1, -0.05) is 0 Å². The summed E-state index contributed by atoms with van der Waals surface area (Å²) in [5.74, 6) is 0.815. The lowest BCUT2D eigenvalue weighted by Gasteiger charge is -2.29. The summed E-state index contributed by atoms with van der Waals surface area (Å²) in [7, 11) is 2.03. The first-order valence-corrected chi connectivity index (χ1v) is 9.82. The van der Waals surface area contributed by atoms with Gasteiger partial charge in [0.2, 0.25) is 11.8 Å². The molecule has 0 spiro atoms. The highest BCUT2D eigenvalue weighted by Gasteiger charge is 2.27. The van der Waals surface area contributed by atoms with E-state index >= 15 is 0 Å². The standard InChI is InChI=1S/C18H24N4O2S/c1-11(23)22-8-7-15-14(9-22)16-17(20-10-21-18(16)25-15)24-13-5-3-12(19-2)4-6-13/h10,12-13,19H,3-9H2,1-2H3/t12-,13-. The van der Waals surface area contributed by atoms with Crippen LogP contribution in [0.3, 0.4) is 0 Å². The topological polar surface area (TPSA) is 67.3 Å². The van der Waals surface area contributed by atoms with Gasteiger partial charge in [0.05, 0.1) is 5.39 Å². The second-order valence-corrected chi connectivity index (χ2v) is 8.02. The Balaban J connectivity index is 1.62. The Labute approximate surface area is 151 Å². The van der Waals surface area contributed by atoms with E-state index in [1.54, 1.807) is 24.6 Å². The van der Waals surface area contributed by atoms with Crippen molar-refractivity contribution in [2.24, 2.45) is 0 Å². The fourth-order valence-corrected chi connectivity index (χ4v) is 5.00. The molecule has 0 atom stereocenters. The number of hydrogen-bond acceptors (Lipinski definition) is 6. The number of ether oxygens (including phenoxy) is 1. The molecular weight excluding hydrogens is 336 g/mol. The Morgan fingerprint density at radius 1 is 1.32 bits per heavy atom. The predicted molar refractivity (Wildman–Crippen MR) is 97.9 cm³/mol. The lowest BCUT2D eigenvalue weighted by molar-refractivity contribution is -0.129. The van der Waals surface area contributed by atoms with E-state index in [1.807, 2.05) is 11.9 Å². The van der Waals surface area contributed by atoms with Crippen LogP contribution in [-0.2, 0) is 17.8 Å². The van der Waals surface area contributed by atoms with Crippen LogP contribution < -0.4 is 10.1 Å². The van der Waals surface area contributed by atoms with Gasteiger partial charge in [0.15, 0.2) is 0 Å². The molecule has 134 valence electrons. The average Bonchev–Trinajstić information content (AvgIpc) is 3.01. The van der Waals surface area contributed by atoms with Crippen LogP contribution in [0.15, 0.2) is 6.33 Å². The maximum Gasteiger partial charge on any atom is 0.225 e. The summed E-state index contributed by atoms with van der Waals surface area (Å²) in [6.45, 7) is 3.06. The van der Waals surface area contributed by atoms with Crippen molar-refractivity contribution in [2.45, 2.75) is 57.7 Å². The van der Waals surface area contributed by atoms with Crippen LogP contribution in [0.5, 0.6) is 5.88 Å². The van der Waals surface area contributed by atoms with E-state index in [9.17, 15) is 4.79 Å². The van der Waals surface area contributed by atoms with Crippen molar-refractivity contribution in [3.8, 4) is 5.88 Å². The molecular formula is C18H24N4O2S. The molecule has 0 aromatic carbocycles. The molecule has 2 aromatic heterocycles. The van der Waals surface area contributed by atoms with E-state index in [4.69, 9.17) is 4.74 Å². The van der Waals surface area contributed by atoms with Gasteiger partial charge in [0.1, 0.15) is 17.3 Å². The Kier molecular flexibility index (Phi) is 4.60. The van der Waals surface area contributed by atoms with E-state index in [0.717, 1.165) is 48.9 Å². The maximum absolute atomic E-state index is 11.8. The molecule has 1 saturated carbocycles. The monoisotopic (exact) mass is 360 g/mol. The van der Waals surface area contributed by atoms with Crippen molar-refractivity contribution in [3.05, 3.63) is 16.8 Å². The minimum Gasteiger partial charge on any atom is -0.474 e. The van der Waals surface area contributed by atoms with Crippen molar-refractivity contribution < 1.29 is 9.53 Å². The fraction of sp³-hybridized carbons (Fsp3) is 0.611. The number of hydrogen-bond donors (Lipinski definition) is 1. The zero-order chi connectivity index (χ0) is 17.4. The molecule has 1 aliphatic heterocycles. The van der Waals surface area contributed by atoms with Crippen LogP contribution >= 0.6 is 11.3 Å². The van der Waals surface area contributed by atoms with Crippen LogP contribution in [0.1, 0.15) is 43.0 Å². The maximum atomic E-state index is 11.8. The van der Waals surface area contributed by atoms with Crippen LogP contribution in [0.25, 0.3) is 10.2 Å². The molecule has 3 heterocycles. The Morgan fingerprint density at radius 3 is 2.84 bits per heavy atom. The third-order valence-corrected chi connectivity index (χ3v) is 6.60. The molecule has 7 heteroatoms. The summed E-state index contributed by atoms with van der Waals surface area (Å²) in [6.07, 6.45) is 7.06. The third-order valence-electron chi connectivity index (χ3n) is 5.40. The van der Waals surface area contributed by atoms with Crippen molar-refractivity contribution >= 4 is 27.5 Å². The Bertz CT molecular complexity index is 783. The molecule has 2 aliphatic rings. The molecule has 0 bridgehead atoms. The molecule has 2 aromatic rings. The van der Waals surface area contributed by atoms with Crippen LogP contribution in [-0.4, -0.2) is 46.5 Å². The first kappa shape index (κ1) is 16.7. The van der Waals surface area contributed by atoms with Gasteiger partial charge in [0.25, 0.3) is 0 Å². The van der Waals surface area contributed by atoms with Crippen molar-refractivity contribution in [1.82, 2.24) is 20.2 Å². The summed E-state index contributed by atoms with van der Waals surface area (Å²) >= 11 is 1.71. The lowest BCUT2D eigenvalue weighted by atomic mass is 9.93. The van der Waals surface area contributed by atoms with Gasteiger partial charge in [-0.25, -0.2) is 9.97 Å². The second kappa shape index (κ2) is 6.88. The first-order chi connectivity index (χ1) is 12.2. The van der Waals surface area contributed by atoms with E-state index in [1.165, 1.54) is 10.4 Å². The molecule has 1 fully saturated rings. The Hall–Kier alpha value is -1.73. The fourth-order valence-electron chi connectivity index (χ4n) is 3.87. The highest BCUT2D eigenvalue weighted by atomic mass is 32.1. The lowest BCUT2D eigenvalue weighted by Crippen LogP contribution is -2.34. The minimum atomic E-state index is 0.120. The van der Waals surface area contributed by atoms with Gasteiger partial charge in [-0.15, -0.1) is 11.3 Å². The van der Waals surface area contributed by atoms with Crippen LogP contribution in [0, 0.1) is 0 Å². The minimum absolute atomic E-state index is 0.120. The van der Waals surface area contributed by atoms with Crippen molar-refractivity contribution in [2.75, 3.05) is 13.6 Å². The average molecular weight is 360 g/mol. The third kappa shape index (κ3) is 3.22. The summed E-state index contributed by atoms with van der Waals surface area (Å²) in [5, 5.41) is 4.37. The number of amides is 1. The number of carbonyl (C=O) groups is 1. The van der Waals surface area contributed by atoms with Crippen LogP contribution in [0.4, 0.5) is 0 Å². The quantitative estimate of drug-likeness (QED) is 0.911. The molecule has 25 heavy (non-hydrogen) atoms. The zero-order valence-electron chi connectivity index (χ0n) is 14.7. The molecule has 0 radical (unpaired) electrons. The van der Waals surface area contributed by atoms with Gasteiger partial charge in [-0.2, -0.15) is 0 Å². The van der Waals surface area contributed by atoms with E-state index < -0.39 is 0 Å². The van der Waals surface area contributed by atoms with Gasteiger partial charge in [-0.05, 0) is 39.2 Å². The molecule has 0 saturated heterocycles. The Morgan fingerprint density at radius 2 is 2.12 bits per heavy atom. The molecule has 1 aliphatic carbocycles. The van der Waals surface area contributed by atoms with Crippen molar-refractivity contribution in [1.29, 1.82) is 0 Å². The highest BCUT2D eigenvalue weighted by molar-refractivity contribution is 7.18.